The zero-order valence-corrected chi connectivity index (χ0v) is 13.2. The summed E-state index contributed by atoms with van der Waals surface area (Å²) in [4.78, 5) is 13.1. The van der Waals surface area contributed by atoms with Crippen molar-refractivity contribution in [3.05, 3.63) is 28.8 Å². The fourth-order valence-electron chi connectivity index (χ4n) is 1.25. The van der Waals surface area contributed by atoms with Crippen LogP contribution in [0, 0.1) is 0 Å². The Hall–Kier alpha value is -0.0900. The molecular formula is C12H14Cl3NOS. The van der Waals surface area contributed by atoms with Crippen molar-refractivity contribution in [2.24, 2.45) is 0 Å². The minimum absolute atomic E-state index is 0.238. The second-order valence-electron chi connectivity index (χ2n) is 4.13. The van der Waals surface area contributed by atoms with Crippen molar-refractivity contribution in [2.45, 2.75) is 17.4 Å². The molecule has 0 unspecified atom stereocenters. The monoisotopic (exact) mass is 325 g/mol. The van der Waals surface area contributed by atoms with E-state index in [0.29, 0.717) is 10.6 Å². The van der Waals surface area contributed by atoms with Crippen LogP contribution in [0.4, 0.5) is 0 Å². The summed E-state index contributed by atoms with van der Waals surface area (Å²) in [5.74, 6) is 0.212. The topological polar surface area (TPSA) is 29.1 Å². The third-order valence-electron chi connectivity index (χ3n) is 2.42. The van der Waals surface area contributed by atoms with E-state index in [2.05, 4.69) is 5.32 Å². The van der Waals surface area contributed by atoms with E-state index >= 15 is 0 Å². The van der Waals surface area contributed by atoms with E-state index in [-0.39, 0.29) is 17.7 Å². The molecule has 0 radical (unpaired) electrons. The quantitative estimate of drug-likeness (QED) is 0.654. The lowest BCUT2D eigenvalue weighted by Gasteiger charge is -2.26. The Morgan fingerprint density at radius 2 is 2.00 bits per heavy atom. The van der Waals surface area contributed by atoms with Crippen molar-refractivity contribution in [3.8, 4) is 0 Å². The molecule has 1 amide bonds. The molecule has 0 aliphatic heterocycles. The van der Waals surface area contributed by atoms with Gasteiger partial charge in [0.2, 0.25) is 0 Å². The summed E-state index contributed by atoms with van der Waals surface area (Å²) < 4.78 is 0. The number of benzene rings is 1. The molecule has 1 N–H and O–H groups in total. The number of carbonyl (C=O) groups excluding carboxylic acids is 1. The summed E-state index contributed by atoms with van der Waals surface area (Å²) in [7, 11) is 0. The largest absolute Gasteiger partial charge is 0.344 e. The van der Waals surface area contributed by atoms with Gasteiger partial charge in [0.05, 0.1) is 16.1 Å². The maximum absolute atomic E-state index is 12.1. The fraction of sp³-hybridized carbons (Fsp3) is 0.417. The number of amides is 1. The van der Waals surface area contributed by atoms with Gasteiger partial charge >= 0.3 is 0 Å². The molecule has 2 nitrogen and oxygen atoms in total. The van der Waals surface area contributed by atoms with Crippen LogP contribution in [0.2, 0.25) is 5.02 Å². The summed E-state index contributed by atoms with van der Waals surface area (Å²) in [5.41, 5.74) is -0.205. The second-order valence-corrected chi connectivity index (χ2v) is 5.95. The van der Waals surface area contributed by atoms with Crippen LogP contribution in [-0.2, 0) is 0 Å². The summed E-state index contributed by atoms with van der Waals surface area (Å²) in [6.07, 6.45) is 1.94. The van der Waals surface area contributed by atoms with Gasteiger partial charge in [-0.2, -0.15) is 0 Å². The molecule has 0 saturated heterocycles. The van der Waals surface area contributed by atoms with Crippen molar-refractivity contribution in [1.82, 2.24) is 5.32 Å². The Morgan fingerprint density at radius 3 is 2.50 bits per heavy atom. The lowest BCUT2D eigenvalue weighted by Crippen LogP contribution is -2.49. The number of hydrogen-bond acceptors (Lipinski definition) is 2. The zero-order valence-electron chi connectivity index (χ0n) is 10.1. The average Bonchev–Trinajstić information content (AvgIpc) is 2.39. The molecule has 0 saturated carbocycles. The number of alkyl halides is 2. The molecule has 0 heterocycles. The Labute approximate surface area is 126 Å². The molecule has 0 fully saturated rings. The van der Waals surface area contributed by atoms with Gasteiger partial charge in [-0.25, -0.2) is 0 Å². The summed E-state index contributed by atoms with van der Waals surface area (Å²) in [6.45, 7) is 1.79. The van der Waals surface area contributed by atoms with E-state index in [4.69, 9.17) is 34.8 Å². The van der Waals surface area contributed by atoms with Crippen LogP contribution >= 0.6 is 46.6 Å². The maximum atomic E-state index is 12.1. The van der Waals surface area contributed by atoms with Crippen LogP contribution in [0.5, 0.6) is 0 Å². The Balaban J connectivity index is 2.97. The van der Waals surface area contributed by atoms with Gasteiger partial charge in [0, 0.05) is 16.7 Å². The lowest BCUT2D eigenvalue weighted by atomic mass is 10.1. The number of halogens is 3. The Kier molecular flexibility index (Phi) is 6.12. The number of hydrogen-bond donors (Lipinski definition) is 1. The number of carbonyl (C=O) groups is 1. The molecule has 6 heteroatoms. The van der Waals surface area contributed by atoms with E-state index < -0.39 is 5.54 Å². The van der Waals surface area contributed by atoms with Gasteiger partial charge < -0.3 is 5.32 Å². The molecule has 0 atom stereocenters. The molecular weight excluding hydrogens is 313 g/mol. The van der Waals surface area contributed by atoms with Crippen LogP contribution in [-0.4, -0.2) is 29.5 Å². The predicted molar refractivity (Wildman–Crippen MR) is 80.5 cm³/mol. The van der Waals surface area contributed by atoms with Gasteiger partial charge in [-0.05, 0) is 31.4 Å². The Morgan fingerprint density at radius 1 is 1.39 bits per heavy atom. The molecule has 0 aliphatic rings. The first-order valence-electron chi connectivity index (χ1n) is 5.24. The minimum Gasteiger partial charge on any atom is -0.344 e. The van der Waals surface area contributed by atoms with E-state index in [9.17, 15) is 4.79 Å². The first kappa shape index (κ1) is 16.0. The molecule has 0 aliphatic carbocycles. The summed E-state index contributed by atoms with van der Waals surface area (Å²) in [5, 5.41) is 3.22. The minimum atomic E-state index is -0.640. The van der Waals surface area contributed by atoms with Gasteiger partial charge in [0.1, 0.15) is 0 Å². The van der Waals surface area contributed by atoms with Crippen LogP contribution < -0.4 is 5.32 Å². The van der Waals surface area contributed by atoms with Gasteiger partial charge in [-0.3, -0.25) is 4.79 Å². The summed E-state index contributed by atoms with van der Waals surface area (Å²) >= 11 is 19.2. The molecule has 0 spiro atoms. The highest BCUT2D eigenvalue weighted by atomic mass is 35.5. The third-order valence-corrected chi connectivity index (χ3v) is 4.66. The molecule has 1 aromatic carbocycles. The molecule has 18 heavy (non-hydrogen) atoms. The first-order valence-corrected chi connectivity index (χ1v) is 7.91. The number of rotatable bonds is 5. The van der Waals surface area contributed by atoms with Gasteiger partial charge in [-0.1, -0.05) is 11.6 Å². The smallest absolute Gasteiger partial charge is 0.253 e. The standard InChI is InChI=1S/C12H14Cl3NOS/c1-12(6-13,7-14)16-11(17)9-5-8(18-2)3-4-10(9)15/h3-5H,6-7H2,1-2H3,(H,16,17). The van der Waals surface area contributed by atoms with Crippen molar-refractivity contribution >= 4 is 52.5 Å². The van der Waals surface area contributed by atoms with Crippen molar-refractivity contribution < 1.29 is 4.79 Å². The highest BCUT2D eigenvalue weighted by molar-refractivity contribution is 7.98. The van der Waals surface area contributed by atoms with E-state index in [1.807, 2.05) is 12.3 Å². The van der Waals surface area contributed by atoms with Crippen LogP contribution in [0.3, 0.4) is 0 Å². The average molecular weight is 327 g/mol. The van der Waals surface area contributed by atoms with Crippen molar-refractivity contribution in [3.63, 3.8) is 0 Å². The highest BCUT2D eigenvalue weighted by Gasteiger charge is 2.25. The normalized spacial score (nSPS) is 11.4. The maximum Gasteiger partial charge on any atom is 0.253 e. The van der Waals surface area contributed by atoms with Crippen LogP contribution in [0.15, 0.2) is 23.1 Å². The highest BCUT2D eigenvalue weighted by Crippen LogP contribution is 2.23. The molecule has 1 aromatic rings. The predicted octanol–water partition coefficient (Wildman–Crippen LogP) is 4.03. The zero-order chi connectivity index (χ0) is 13.8. The fourth-order valence-corrected chi connectivity index (χ4v) is 2.31. The third kappa shape index (κ3) is 3.95. The van der Waals surface area contributed by atoms with E-state index in [0.717, 1.165) is 4.90 Å². The lowest BCUT2D eigenvalue weighted by molar-refractivity contribution is 0.0921. The van der Waals surface area contributed by atoms with Crippen molar-refractivity contribution in [1.29, 1.82) is 0 Å². The summed E-state index contributed by atoms with van der Waals surface area (Å²) in [6, 6.07) is 5.33. The van der Waals surface area contributed by atoms with Gasteiger partial charge in [-0.15, -0.1) is 35.0 Å². The second kappa shape index (κ2) is 6.90. The molecule has 0 bridgehead atoms. The van der Waals surface area contributed by atoms with Gasteiger partial charge in [0.15, 0.2) is 0 Å². The first-order chi connectivity index (χ1) is 8.45. The van der Waals surface area contributed by atoms with Gasteiger partial charge in [0.25, 0.3) is 5.91 Å². The molecule has 1 rings (SSSR count). The number of thioether (sulfide) groups is 1. The van der Waals surface area contributed by atoms with Crippen LogP contribution in [0.1, 0.15) is 17.3 Å². The van der Waals surface area contributed by atoms with Crippen molar-refractivity contribution in [2.75, 3.05) is 18.0 Å². The van der Waals surface area contributed by atoms with Crippen LogP contribution in [0.25, 0.3) is 0 Å². The number of nitrogens with one attached hydrogen (secondary N) is 1. The van der Waals surface area contributed by atoms with E-state index in [1.54, 1.807) is 30.8 Å². The molecule has 100 valence electrons. The van der Waals surface area contributed by atoms with E-state index in [1.165, 1.54) is 0 Å². The SMILES string of the molecule is CSc1ccc(Cl)c(C(=O)NC(C)(CCl)CCl)c1. The Bertz CT molecular complexity index is 435. The molecule has 0 aromatic heterocycles.